The van der Waals surface area contributed by atoms with Gasteiger partial charge in [0.15, 0.2) is 23.0 Å². The molecule has 15 heteroatoms. The van der Waals surface area contributed by atoms with Gasteiger partial charge in [-0.1, -0.05) is 0 Å². The van der Waals surface area contributed by atoms with Crippen LogP contribution in [-0.4, -0.2) is 56.7 Å². The van der Waals surface area contributed by atoms with Crippen LogP contribution >= 0.6 is 11.6 Å². The van der Waals surface area contributed by atoms with Crippen molar-refractivity contribution in [1.29, 1.82) is 0 Å². The van der Waals surface area contributed by atoms with Gasteiger partial charge >= 0.3 is 0 Å². The van der Waals surface area contributed by atoms with E-state index in [1.54, 1.807) is 24.4 Å². The summed E-state index contributed by atoms with van der Waals surface area (Å²) in [5.41, 5.74) is 9.17. The Balaban J connectivity index is 0.000000141. The highest BCUT2D eigenvalue weighted by Crippen LogP contribution is 2.35. The normalized spacial score (nSPS) is 14.6. The summed E-state index contributed by atoms with van der Waals surface area (Å²) >= 11 is 5.66. The highest BCUT2D eigenvalue weighted by Gasteiger charge is 2.23. The number of nitrogen functional groups attached to an aromatic ring is 1. The van der Waals surface area contributed by atoms with E-state index in [0.29, 0.717) is 35.8 Å². The van der Waals surface area contributed by atoms with Crippen LogP contribution in [0.25, 0.3) is 0 Å². The number of fused-ring (bicyclic) bond motifs is 2. The summed E-state index contributed by atoms with van der Waals surface area (Å²) in [5, 5.41) is 17.6. The summed E-state index contributed by atoms with van der Waals surface area (Å²) in [7, 11) is 0. The first-order valence-corrected chi connectivity index (χ1v) is 15.4. The second-order valence-corrected chi connectivity index (χ2v) is 11.4. The molecule has 0 amide bonds. The maximum Gasteiger partial charge on any atom is 0.300 e. The predicted octanol–water partition coefficient (Wildman–Crippen LogP) is 5.93. The van der Waals surface area contributed by atoms with Crippen molar-refractivity contribution in [3.8, 4) is 23.0 Å². The molecule has 2 aromatic heterocycles. The molecule has 0 saturated heterocycles. The van der Waals surface area contributed by atoms with Crippen LogP contribution in [-0.2, 0) is 4.79 Å². The number of aromatic nitrogens is 4. The zero-order chi connectivity index (χ0) is 33.3. The van der Waals surface area contributed by atoms with Crippen molar-refractivity contribution in [2.75, 3.05) is 35.3 Å². The first-order chi connectivity index (χ1) is 22.6. The lowest BCUT2D eigenvalue weighted by atomic mass is 10.3. The molecule has 6 N–H and O–H groups in total. The van der Waals surface area contributed by atoms with Gasteiger partial charge in [0.1, 0.15) is 11.6 Å². The molecule has 248 valence electrons. The number of rotatable bonds is 6. The number of ether oxygens (including phenoxy) is 4. The fourth-order valence-corrected chi connectivity index (χ4v) is 4.21. The third-order valence-electron chi connectivity index (χ3n) is 6.78. The fraction of sp³-hybridized carbons (Fsp3) is 0.344. The minimum atomic E-state index is -0.833. The number of carbonyl (C=O) groups is 1. The molecule has 0 unspecified atom stereocenters. The second-order valence-electron chi connectivity index (χ2n) is 11.1. The summed E-state index contributed by atoms with van der Waals surface area (Å²) in [6.07, 6.45) is 8.47. The molecule has 0 radical (unpaired) electrons. The molecular weight excluding hydrogens is 628 g/mol. The van der Waals surface area contributed by atoms with E-state index in [1.807, 2.05) is 38.2 Å². The van der Waals surface area contributed by atoms with Gasteiger partial charge in [0, 0.05) is 66.0 Å². The van der Waals surface area contributed by atoms with Gasteiger partial charge in [-0.15, -0.1) is 0 Å². The van der Waals surface area contributed by atoms with Crippen LogP contribution in [0.3, 0.4) is 0 Å². The molecule has 0 atom stereocenters. The van der Waals surface area contributed by atoms with E-state index in [4.69, 9.17) is 46.2 Å². The van der Waals surface area contributed by atoms with E-state index in [9.17, 15) is 0 Å². The van der Waals surface area contributed by atoms with Gasteiger partial charge in [0.25, 0.3) is 5.97 Å². The van der Waals surface area contributed by atoms with E-state index in [-0.39, 0.29) is 6.79 Å². The maximum atomic E-state index is 9.00. The third kappa shape index (κ3) is 10.4. The number of benzene rings is 2. The lowest BCUT2D eigenvalue weighted by Gasteiger charge is -2.10. The molecule has 14 nitrogen and oxygen atoms in total. The number of aryl methyl sites for hydroxylation is 2. The summed E-state index contributed by atoms with van der Waals surface area (Å²) in [6.45, 7) is 5.64. The number of nitrogens with two attached hydrogens (primary N) is 1. The highest BCUT2D eigenvalue weighted by atomic mass is 35.5. The van der Waals surface area contributed by atoms with Gasteiger partial charge in [-0.3, -0.25) is 4.79 Å². The summed E-state index contributed by atoms with van der Waals surface area (Å²) in [4.78, 5) is 25.8. The maximum absolute atomic E-state index is 9.00. The topological polar surface area (TPSA) is 188 Å². The lowest BCUT2D eigenvalue weighted by molar-refractivity contribution is -0.134. The SMILES string of the molecule is CC(=O)O.Cc1cnc(Cl)nc1NC1CC1.Cc1cnc(Nc2ccc3c(c2)OCO3)nc1NC1CC1.Nc1ccc2c(c1)OCO2. The number of carboxylic acids is 1. The van der Waals surface area contributed by atoms with Gasteiger partial charge in [0.2, 0.25) is 24.8 Å². The highest BCUT2D eigenvalue weighted by molar-refractivity contribution is 6.28. The monoisotopic (exact) mass is 664 g/mol. The van der Waals surface area contributed by atoms with E-state index >= 15 is 0 Å². The van der Waals surface area contributed by atoms with Crippen molar-refractivity contribution in [3.05, 3.63) is 65.2 Å². The molecule has 4 aliphatic rings. The molecule has 0 bridgehead atoms. The third-order valence-corrected chi connectivity index (χ3v) is 6.96. The average Bonchev–Trinajstić information content (AvgIpc) is 3.94. The molecule has 2 saturated carbocycles. The van der Waals surface area contributed by atoms with Gasteiger partial charge in [-0.05, 0) is 75.4 Å². The molecule has 47 heavy (non-hydrogen) atoms. The Morgan fingerprint density at radius 3 is 1.91 bits per heavy atom. The van der Waals surface area contributed by atoms with Crippen molar-refractivity contribution in [3.63, 3.8) is 0 Å². The lowest BCUT2D eigenvalue weighted by Crippen LogP contribution is -2.07. The Morgan fingerprint density at radius 2 is 1.32 bits per heavy atom. The molecule has 4 aromatic rings. The van der Waals surface area contributed by atoms with Crippen LogP contribution in [0.1, 0.15) is 43.7 Å². The van der Waals surface area contributed by atoms with Crippen LogP contribution in [0.15, 0.2) is 48.8 Å². The van der Waals surface area contributed by atoms with Gasteiger partial charge < -0.3 is 45.7 Å². The quantitative estimate of drug-likeness (QED) is 0.120. The number of nitrogens with zero attached hydrogens (tertiary/aromatic N) is 4. The first-order valence-electron chi connectivity index (χ1n) is 15.0. The largest absolute Gasteiger partial charge is 0.481 e. The Hall–Kier alpha value is -5.24. The number of anilines is 5. The Morgan fingerprint density at radius 1 is 0.809 bits per heavy atom. The van der Waals surface area contributed by atoms with E-state index in [2.05, 4.69) is 35.9 Å². The number of hydrogen-bond acceptors (Lipinski definition) is 13. The Kier molecular flexibility index (Phi) is 10.8. The minimum absolute atomic E-state index is 0.273. The van der Waals surface area contributed by atoms with Crippen LogP contribution in [0, 0.1) is 13.8 Å². The van der Waals surface area contributed by atoms with E-state index in [0.717, 1.165) is 58.4 Å². The van der Waals surface area contributed by atoms with Crippen molar-refractivity contribution in [1.82, 2.24) is 19.9 Å². The molecule has 0 spiro atoms. The number of halogens is 1. The summed E-state index contributed by atoms with van der Waals surface area (Å²) in [6, 6.07) is 12.2. The van der Waals surface area contributed by atoms with E-state index < -0.39 is 5.97 Å². The van der Waals surface area contributed by atoms with Crippen LogP contribution in [0.4, 0.5) is 29.0 Å². The van der Waals surface area contributed by atoms with Gasteiger partial charge in [-0.25, -0.2) is 15.0 Å². The average molecular weight is 665 g/mol. The molecular formula is C32H37ClN8O6. The van der Waals surface area contributed by atoms with Crippen LogP contribution < -0.4 is 40.6 Å². The predicted molar refractivity (Wildman–Crippen MR) is 178 cm³/mol. The van der Waals surface area contributed by atoms with Crippen molar-refractivity contribution < 1.29 is 28.8 Å². The number of carboxylic acid groups (broad SMARTS) is 1. The summed E-state index contributed by atoms with van der Waals surface area (Å²) < 4.78 is 20.8. The fourth-order valence-electron chi connectivity index (χ4n) is 4.07. The Labute approximate surface area is 277 Å². The van der Waals surface area contributed by atoms with Gasteiger partial charge in [0.05, 0.1) is 0 Å². The van der Waals surface area contributed by atoms with Gasteiger partial charge in [-0.2, -0.15) is 4.98 Å². The first kappa shape index (κ1) is 33.1. The number of nitrogens with one attached hydrogen (secondary N) is 3. The zero-order valence-corrected chi connectivity index (χ0v) is 27.0. The van der Waals surface area contributed by atoms with Crippen molar-refractivity contribution in [2.24, 2.45) is 0 Å². The van der Waals surface area contributed by atoms with Crippen molar-refractivity contribution in [2.45, 2.75) is 58.5 Å². The molecule has 2 aliphatic carbocycles. The standard InChI is InChI=1S/C15H16N4O2.C8H10ClN3.C7H7NO2.C2H4O2/c1-9-7-16-15(19-14(9)17-10-2-3-10)18-11-4-5-12-13(6-11)21-8-20-12;1-5-4-10-8(9)12-7(5)11-6-2-3-6;8-5-1-2-6-7(3-5)10-4-9-6;1-2(3)4/h4-7,10H,2-3,8H2,1H3,(H2,16,17,18,19);4,6H,2-3H2,1H3,(H,10,11,12);1-3H,4,8H2;1H3,(H,3,4). The smallest absolute Gasteiger partial charge is 0.300 e. The Bertz CT molecular complexity index is 1700. The minimum Gasteiger partial charge on any atom is -0.481 e. The van der Waals surface area contributed by atoms with Crippen LogP contribution in [0.5, 0.6) is 23.0 Å². The van der Waals surface area contributed by atoms with E-state index in [1.165, 1.54) is 25.7 Å². The van der Waals surface area contributed by atoms with Crippen LogP contribution in [0.2, 0.25) is 5.28 Å². The molecule has 8 rings (SSSR count). The zero-order valence-electron chi connectivity index (χ0n) is 26.2. The molecule has 2 fully saturated rings. The summed E-state index contributed by atoms with van der Waals surface area (Å²) in [5.74, 6) is 4.52. The molecule has 4 heterocycles. The molecule has 2 aromatic carbocycles. The molecule has 2 aliphatic heterocycles. The van der Waals surface area contributed by atoms with Crippen molar-refractivity contribution >= 4 is 46.5 Å². The number of aliphatic carboxylic acids is 1. The number of hydrogen-bond donors (Lipinski definition) is 5. The second kappa shape index (κ2) is 15.4.